The molecule has 11 nitrogen and oxygen atoms in total. The zero-order valence-corrected chi connectivity index (χ0v) is 28.0. The molecule has 0 aliphatic carbocycles. The van der Waals surface area contributed by atoms with Crippen molar-refractivity contribution >= 4 is 33.6 Å². The number of methoxy groups -OCH3 is 1. The van der Waals surface area contributed by atoms with Crippen LogP contribution in [-0.2, 0) is 31.1 Å². The number of likely N-dealkylation sites (tertiary alicyclic amines) is 1. The molecule has 0 spiro atoms. The minimum atomic E-state index is -1.60. The summed E-state index contributed by atoms with van der Waals surface area (Å²) in [5.74, 6) is -0.132. The van der Waals surface area contributed by atoms with Crippen LogP contribution in [0.3, 0.4) is 0 Å². The number of ether oxygens (including phenoxy) is 4. The average Bonchev–Trinajstić information content (AvgIpc) is 3.26. The average molecular weight is 630 g/mol. The van der Waals surface area contributed by atoms with Gasteiger partial charge in [-0.25, -0.2) is 19.0 Å². The number of carbonyl (C=O) groups is 2. The van der Waals surface area contributed by atoms with E-state index in [1.165, 1.54) is 29.8 Å². The van der Waals surface area contributed by atoms with Crippen molar-refractivity contribution in [2.45, 2.75) is 97.8 Å². The van der Waals surface area contributed by atoms with E-state index in [0.29, 0.717) is 40.2 Å². The molecule has 1 amide bonds. The van der Waals surface area contributed by atoms with E-state index in [9.17, 15) is 19.2 Å². The van der Waals surface area contributed by atoms with E-state index in [2.05, 4.69) is 0 Å². The fraction of sp³-hybridized carbons (Fsp3) is 0.562. The lowest BCUT2D eigenvalue weighted by Gasteiger charge is -2.41. The van der Waals surface area contributed by atoms with Crippen molar-refractivity contribution in [1.82, 2.24) is 14.0 Å². The SMILES string of the molecule is COc1ccccc1C(Cn1c(=O)n(C(C)(C)C(=O)OC(C)(C)C)c(=O)c2c(C)csc21)OC1CN(C(=O)OC(C)(C)C)C1. The van der Waals surface area contributed by atoms with E-state index >= 15 is 0 Å². The van der Waals surface area contributed by atoms with Gasteiger partial charge in [0.15, 0.2) is 0 Å². The first-order chi connectivity index (χ1) is 20.3. The summed E-state index contributed by atoms with van der Waals surface area (Å²) < 4.78 is 25.8. The van der Waals surface area contributed by atoms with Gasteiger partial charge < -0.3 is 23.8 Å². The summed E-state index contributed by atoms with van der Waals surface area (Å²) in [5.41, 5.74) is -2.87. The van der Waals surface area contributed by atoms with Gasteiger partial charge in [-0.3, -0.25) is 9.36 Å². The molecule has 0 radical (unpaired) electrons. The first-order valence-corrected chi connectivity index (χ1v) is 15.5. The quantitative estimate of drug-likeness (QED) is 0.320. The lowest BCUT2D eigenvalue weighted by atomic mass is 10.0. The number of thiophene rings is 1. The predicted octanol–water partition coefficient (Wildman–Crippen LogP) is 5.00. The van der Waals surface area contributed by atoms with E-state index in [1.54, 1.807) is 45.8 Å². The number of carbonyl (C=O) groups excluding carboxylic acids is 2. The molecule has 1 unspecified atom stereocenters. The lowest BCUT2D eigenvalue weighted by Crippen LogP contribution is -2.56. The van der Waals surface area contributed by atoms with E-state index < -0.39 is 46.2 Å². The maximum absolute atomic E-state index is 14.3. The molecule has 3 aromatic rings. The number of rotatable bonds is 8. The maximum atomic E-state index is 14.3. The van der Waals surface area contributed by atoms with Crippen molar-refractivity contribution in [2.24, 2.45) is 0 Å². The zero-order chi connectivity index (χ0) is 32.8. The number of aromatic nitrogens is 2. The van der Waals surface area contributed by atoms with E-state index in [1.807, 2.05) is 44.4 Å². The molecule has 0 N–H and O–H groups in total. The second kappa shape index (κ2) is 12.0. The molecule has 2 aromatic heterocycles. The van der Waals surface area contributed by atoms with Crippen molar-refractivity contribution < 1.29 is 28.5 Å². The Kier molecular flexibility index (Phi) is 9.10. The fourth-order valence-electron chi connectivity index (χ4n) is 4.99. The van der Waals surface area contributed by atoms with Crippen molar-refractivity contribution in [3.8, 4) is 5.75 Å². The Morgan fingerprint density at radius 1 is 0.977 bits per heavy atom. The van der Waals surface area contributed by atoms with Gasteiger partial charge in [0, 0.05) is 5.56 Å². The van der Waals surface area contributed by atoms with Crippen molar-refractivity contribution in [2.75, 3.05) is 20.2 Å². The number of para-hydroxylation sites is 1. The summed E-state index contributed by atoms with van der Waals surface area (Å²) in [4.78, 5) is 56.0. The van der Waals surface area contributed by atoms with Gasteiger partial charge in [-0.1, -0.05) is 18.2 Å². The van der Waals surface area contributed by atoms with Crippen molar-refractivity contribution in [1.29, 1.82) is 0 Å². The van der Waals surface area contributed by atoms with E-state index in [0.717, 1.165) is 4.57 Å². The number of benzene rings is 1. The minimum Gasteiger partial charge on any atom is -0.496 e. The van der Waals surface area contributed by atoms with Gasteiger partial charge in [0.25, 0.3) is 5.56 Å². The van der Waals surface area contributed by atoms with E-state index in [-0.39, 0.29) is 12.6 Å². The number of esters is 1. The predicted molar refractivity (Wildman–Crippen MR) is 169 cm³/mol. The van der Waals surface area contributed by atoms with Crippen LogP contribution in [0.25, 0.3) is 10.2 Å². The summed E-state index contributed by atoms with van der Waals surface area (Å²) in [5, 5.41) is 2.17. The molecule has 12 heteroatoms. The summed E-state index contributed by atoms with van der Waals surface area (Å²) in [6.45, 7) is 16.1. The number of aryl methyl sites for hydroxylation is 1. The van der Waals surface area contributed by atoms with Crippen LogP contribution in [0.4, 0.5) is 4.79 Å². The van der Waals surface area contributed by atoms with Crippen LogP contribution in [-0.4, -0.2) is 63.6 Å². The Balaban J connectivity index is 1.78. The maximum Gasteiger partial charge on any atom is 0.410 e. The second-order valence-corrected chi connectivity index (χ2v) is 14.4. The topological polar surface area (TPSA) is 118 Å². The number of hydrogen-bond donors (Lipinski definition) is 0. The number of fused-ring (bicyclic) bond motifs is 1. The highest BCUT2D eigenvalue weighted by molar-refractivity contribution is 7.17. The van der Waals surface area contributed by atoms with Gasteiger partial charge in [-0.15, -0.1) is 11.3 Å². The van der Waals surface area contributed by atoms with Gasteiger partial charge >= 0.3 is 17.8 Å². The molecule has 4 rings (SSSR count). The van der Waals surface area contributed by atoms with Gasteiger partial charge in [0.1, 0.15) is 33.4 Å². The largest absolute Gasteiger partial charge is 0.496 e. The van der Waals surface area contributed by atoms with Crippen molar-refractivity contribution in [3.63, 3.8) is 0 Å². The minimum absolute atomic E-state index is 0.0171. The highest BCUT2D eigenvalue weighted by Crippen LogP contribution is 2.33. The molecular formula is C32H43N3O8S. The smallest absolute Gasteiger partial charge is 0.410 e. The Morgan fingerprint density at radius 3 is 2.18 bits per heavy atom. The first-order valence-electron chi connectivity index (χ1n) is 14.6. The van der Waals surface area contributed by atoms with Crippen LogP contribution >= 0.6 is 11.3 Å². The lowest BCUT2D eigenvalue weighted by molar-refractivity contribution is -0.164. The Bertz CT molecular complexity index is 1670. The number of nitrogens with zero attached hydrogens (tertiary/aromatic N) is 3. The van der Waals surface area contributed by atoms with Gasteiger partial charge in [-0.2, -0.15) is 0 Å². The van der Waals surface area contributed by atoms with Crippen molar-refractivity contribution in [3.05, 3.63) is 61.6 Å². The second-order valence-electron chi connectivity index (χ2n) is 13.6. The summed E-state index contributed by atoms with van der Waals surface area (Å²) in [7, 11) is 1.56. The van der Waals surface area contributed by atoms with Crippen LogP contribution in [0, 0.1) is 6.92 Å². The highest BCUT2D eigenvalue weighted by Gasteiger charge is 2.40. The summed E-state index contributed by atoms with van der Waals surface area (Å²) in [6.07, 6.45) is -1.46. The summed E-state index contributed by atoms with van der Waals surface area (Å²) in [6, 6.07) is 7.35. The monoisotopic (exact) mass is 629 g/mol. The summed E-state index contributed by atoms with van der Waals surface area (Å²) >= 11 is 1.28. The van der Waals surface area contributed by atoms with Gasteiger partial charge in [-0.05, 0) is 79.3 Å². The highest BCUT2D eigenvalue weighted by atomic mass is 32.1. The number of amides is 1. The number of hydrogen-bond acceptors (Lipinski definition) is 9. The van der Waals surface area contributed by atoms with Crippen LogP contribution in [0.1, 0.15) is 72.6 Å². The molecule has 3 heterocycles. The Morgan fingerprint density at radius 2 is 1.59 bits per heavy atom. The van der Waals surface area contributed by atoms with Crippen LogP contribution in [0.15, 0.2) is 39.2 Å². The third-order valence-electron chi connectivity index (χ3n) is 7.19. The molecule has 0 saturated carbocycles. The van der Waals surface area contributed by atoms with Crippen LogP contribution < -0.4 is 16.0 Å². The third-order valence-corrected chi connectivity index (χ3v) is 8.31. The standard InChI is InChI=1S/C32H43N3O8S/c1-19-18-44-26-24(19)25(36)35(32(8,9)27(37)42-30(2,3)4)28(38)34(26)17-23(21-13-11-12-14-22(21)40-10)41-20-15-33(16-20)29(39)43-31(5,6)7/h11-14,18,20,23H,15-17H2,1-10H3. The molecule has 240 valence electrons. The molecule has 1 aromatic carbocycles. The molecule has 1 fully saturated rings. The van der Waals surface area contributed by atoms with Crippen LogP contribution in [0.5, 0.6) is 5.75 Å². The molecular weight excluding hydrogens is 586 g/mol. The molecule has 1 atom stereocenters. The molecule has 1 aliphatic heterocycles. The molecule has 0 bridgehead atoms. The van der Waals surface area contributed by atoms with Crippen LogP contribution in [0.2, 0.25) is 0 Å². The fourth-order valence-corrected chi connectivity index (χ4v) is 6.04. The Hall–Kier alpha value is -3.64. The first kappa shape index (κ1) is 33.3. The van der Waals surface area contributed by atoms with Gasteiger partial charge in [0.05, 0.1) is 38.2 Å². The molecule has 1 aliphatic rings. The molecule has 1 saturated heterocycles. The van der Waals surface area contributed by atoms with E-state index in [4.69, 9.17) is 18.9 Å². The Labute approximate surface area is 261 Å². The zero-order valence-electron chi connectivity index (χ0n) is 27.2. The van der Waals surface area contributed by atoms with Gasteiger partial charge in [0.2, 0.25) is 0 Å². The normalized spacial score (nSPS) is 15.2. The third kappa shape index (κ3) is 6.86. The molecule has 44 heavy (non-hydrogen) atoms.